The average molecular weight is 473 g/mol. The van der Waals surface area contributed by atoms with Crippen LogP contribution in [-0.4, -0.2) is 53.2 Å². The van der Waals surface area contributed by atoms with Gasteiger partial charge in [0.15, 0.2) is 0 Å². The van der Waals surface area contributed by atoms with E-state index in [1.165, 1.54) is 17.8 Å². The number of nitrogens with zero attached hydrogens (tertiary/aromatic N) is 1. The minimum absolute atomic E-state index is 0.163. The first-order chi connectivity index (χ1) is 14.3. The zero-order chi connectivity index (χ0) is 22.3. The van der Waals surface area contributed by atoms with Gasteiger partial charge in [-0.05, 0) is 43.2 Å². The third-order valence-electron chi connectivity index (χ3n) is 5.07. The van der Waals surface area contributed by atoms with Gasteiger partial charge in [-0.3, -0.25) is 9.59 Å². The summed E-state index contributed by atoms with van der Waals surface area (Å²) in [7, 11) is 0. The molecule has 1 saturated heterocycles. The van der Waals surface area contributed by atoms with Gasteiger partial charge >= 0.3 is 5.97 Å². The van der Waals surface area contributed by atoms with E-state index in [1.807, 2.05) is 25.3 Å². The number of benzene rings is 1. The Bertz CT molecular complexity index is 823. The smallest absolute Gasteiger partial charge is 0.326 e. The lowest BCUT2D eigenvalue weighted by Crippen LogP contribution is -2.47. The van der Waals surface area contributed by atoms with Crippen LogP contribution in [0.1, 0.15) is 38.2 Å². The lowest BCUT2D eigenvalue weighted by Gasteiger charge is -2.31. The number of rotatable bonds is 8. The van der Waals surface area contributed by atoms with Crippen molar-refractivity contribution in [3.63, 3.8) is 0 Å². The molecule has 2 amide bonds. The second-order valence-corrected chi connectivity index (χ2v) is 8.71. The van der Waals surface area contributed by atoms with Crippen LogP contribution in [0.5, 0.6) is 0 Å². The maximum Gasteiger partial charge on any atom is 0.326 e. The van der Waals surface area contributed by atoms with Crippen molar-refractivity contribution in [1.29, 1.82) is 0 Å². The quantitative estimate of drug-likeness (QED) is 0.434. The molecule has 1 aromatic rings. The van der Waals surface area contributed by atoms with E-state index in [2.05, 4.69) is 5.32 Å². The molecule has 164 valence electrons. The highest BCUT2D eigenvalue weighted by molar-refractivity contribution is 7.98. The fraction of sp³-hybridized carbons (Fsp3) is 0.476. The van der Waals surface area contributed by atoms with Crippen LogP contribution in [-0.2, 0) is 14.4 Å². The standard InChI is InChI=1S/C21H26Cl2N2O4S/c1-3-4-15(21(28)29)24-20(27)14-9-11-25(12-10-14)17(26)8-6-13-5-7-16(30-2)19(23)18(13)22/h5-8,14-15H,3-4,9-12H2,1-2H3,(H,24,27)(H,28,29)/b8-6+. The molecular weight excluding hydrogens is 447 g/mol. The lowest BCUT2D eigenvalue weighted by atomic mass is 9.95. The topological polar surface area (TPSA) is 86.7 Å². The average Bonchev–Trinajstić information content (AvgIpc) is 2.74. The summed E-state index contributed by atoms with van der Waals surface area (Å²) in [4.78, 5) is 38.6. The number of likely N-dealkylation sites (tertiary alicyclic amines) is 1. The number of aliphatic carboxylic acids is 1. The number of amides is 2. The van der Waals surface area contributed by atoms with Crippen molar-refractivity contribution < 1.29 is 19.5 Å². The second kappa shape index (κ2) is 11.6. The molecule has 0 bridgehead atoms. The molecule has 1 aliphatic heterocycles. The zero-order valence-electron chi connectivity index (χ0n) is 17.0. The summed E-state index contributed by atoms with van der Waals surface area (Å²) >= 11 is 14.0. The number of hydrogen-bond donors (Lipinski definition) is 2. The number of nitrogens with one attached hydrogen (secondary N) is 1. The summed E-state index contributed by atoms with van der Waals surface area (Å²) in [5, 5.41) is 12.7. The Morgan fingerprint density at radius 1 is 1.27 bits per heavy atom. The predicted octanol–water partition coefficient (Wildman–Crippen LogP) is 4.34. The van der Waals surface area contributed by atoms with Gasteiger partial charge in [0.05, 0.1) is 10.0 Å². The van der Waals surface area contributed by atoms with Gasteiger partial charge in [0, 0.05) is 30.0 Å². The normalized spacial score (nSPS) is 15.9. The first kappa shape index (κ1) is 24.6. The summed E-state index contributed by atoms with van der Waals surface area (Å²) in [6.07, 6.45) is 7.07. The van der Waals surface area contributed by atoms with Crippen molar-refractivity contribution in [2.75, 3.05) is 19.3 Å². The summed E-state index contributed by atoms with van der Waals surface area (Å²) in [5.41, 5.74) is 0.665. The Balaban J connectivity index is 1.91. The van der Waals surface area contributed by atoms with E-state index in [0.717, 1.165) is 4.90 Å². The zero-order valence-corrected chi connectivity index (χ0v) is 19.3. The molecule has 0 saturated carbocycles. The molecule has 0 spiro atoms. The molecule has 6 nitrogen and oxygen atoms in total. The maximum atomic E-state index is 12.5. The van der Waals surface area contributed by atoms with Crippen molar-refractivity contribution in [2.45, 2.75) is 43.5 Å². The van der Waals surface area contributed by atoms with Gasteiger partial charge < -0.3 is 15.3 Å². The van der Waals surface area contributed by atoms with E-state index in [-0.39, 0.29) is 17.7 Å². The van der Waals surface area contributed by atoms with Gasteiger partial charge in [-0.2, -0.15) is 0 Å². The Kier molecular flexibility index (Phi) is 9.52. The Labute approximate surface area is 191 Å². The molecule has 30 heavy (non-hydrogen) atoms. The third kappa shape index (κ3) is 6.40. The summed E-state index contributed by atoms with van der Waals surface area (Å²) < 4.78 is 0. The van der Waals surface area contributed by atoms with Crippen LogP contribution in [0.2, 0.25) is 10.0 Å². The van der Waals surface area contributed by atoms with Crippen LogP contribution in [0.25, 0.3) is 6.08 Å². The largest absolute Gasteiger partial charge is 0.480 e. The van der Waals surface area contributed by atoms with Crippen LogP contribution < -0.4 is 5.32 Å². The highest BCUT2D eigenvalue weighted by Crippen LogP contribution is 2.35. The number of thioether (sulfide) groups is 1. The third-order valence-corrected chi connectivity index (χ3v) is 6.86. The van der Waals surface area contributed by atoms with E-state index < -0.39 is 12.0 Å². The molecule has 0 aromatic heterocycles. The molecule has 1 aromatic carbocycles. The molecule has 0 aliphatic carbocycles. The molecule has 9 heteroatoms. The predicted molar refractivity (Wildman–Crippen MR) is 121 cm³/mol. The van der Waals surface area contributed by atoms with Gasteiger partial charge in [-0.15, -0.1) is 11.8 Å². The maximum absolute atomic E-state index is 12.5. The van der Waals surface area contributed by atoms with Gasteiger partial charge in [-0.25, -0.2) is 4.79 Å². The number of piperidine rings is 1. The van der Waals surface area contributed by atoms with Crippen molar-refractivity contribution in [1.82, 2.24) is 10.2 Å². The lowest BCUT2D eigenvalue weighted by molar-refractivity contribution is -0.143. The highest BCUT2D eigenvalue weighted by atomic mass is 35.5. The van der Waals surface area contributed by atoms with Crippen molar-refractivity contribution >= 4 is 58.8 Å². The van der Waals surface area contributed by atoms with E-state index in [9.17, 15) is 19.5 Å². The van der Waals surface area contributed by atoms with Crippen molar-refractivity contribution in [3.05, 3.63) is 33.8 Å². The van der Waals surface area contributed by atoms with Crippen LogP contribution in [0, 0.1) is 5.92 Å². The Morgan fingerprint density at radius 2 is 1.93 bits per heavy atom. The number of carbonyl (C=O) groups is 3. The first-order valence-electron chi connectivity index (χ1n) is 9.80. The fourth-order valence-corrected chi connectivity index (χ4v) is 4.47. The summed E-state index contributed by atoms with van der Waals surface area (Å²) in [6.45, 7) is 2.75. The van der Waals surface area contributed by atoms with Gasteiger partial charge in [0.2, 0.25) is 11.8 Å². The van der Waals surface area contributed by atoms with Crippen molar-refractivity contribution in [3.8, 4) is 0 Å². The monoisotopic (exact) mass is 472 g/mol. The molecule has 2 rings (SSSR count). The first-order valence-corrected chi connectivity index (χ1v) is 11.8. The minimum Gasteiger partial charge on any atom is -0.480 e. The van der Waals surface area contributed by atoms with Crippen molar-refractivity contribution in [2.24, 2.45) is 5.92 Å². The van der Waals surface area contributed by atoms with Crippen LogP contribution in [0.15, 0.2) is 23.1 Å². The molecular formula is C21H26Cl2N2O4S. The number of halogens is 2. The van der Waals surface area contributed by atoms with E-state index in [1.54, 1.807) is 11.0 Å². The SMILES string of the molecule is CCCC(NC(=O)C1CCN(C(=O)/C=C/c2ccc(SC)c(Cl)c2Cl)CC1)C(=O)O. The van der Waals surface area contributed by atoms with E-state index >= 15 is 0 Å². The van der Waals surface area contributed by atoms with Gasteiger partial charge in [-0.1, -0.05) is 42.6 Å². The molecule has 0 radical (unpaired) electrons. The Hall–Kier alpha value is -1.70. The van der Waals surface area contributed by atoms with Gasteiger partial charge in [0.1, 0.15) is 6.04 Å². The number of carbonyl (C=O) groups excluding carboxylic acids is 2. The molecule has 1 fully saturated rings. The van der Waals surface area contributed by atoms with E-state index in [4.69, 9.17) is 23.2 Å². The molecule has 1 heterocycles. The Morgan fingerprint density at radius 3 is 2.50 bits per heavy atom. The fourth-order valence-electron chi connectivity index (χ4n) is 3.30. The van der Waals surface area contributed by atoms with Gasteiger partial charge in [0.25, 0.3) is 0 Å². The number of hydrogen-bond acceptors (Lipinski definition) is 4. The molecule has 1 atom stereocenters. The number of carboxylic acid groups (broad SMARTS) is 1. The minimum atomic E-state index is -1.02. The van der Waals surface area contributed by atoms with Crippen LogP contribution in [0.3, 0.4) is 0 Å². The summed E-state index contributed by atoms with van der Waals surface area (Å²) in [6, 6.07) is 2.81. The molecule has 1 aliphatic rings. The number of carboxylic acids is 1. The second-order valence-electron chi connectivity index (χ2n) is 7.11. The highest BCUT2D eigenvalue weighted by Gasteiger charge is 2.29. The molecule has 1 unspecified atom stereocenters. The molecule has 2 N–H and O–H groups in total. The summed E-state index contributed by atoms with van der Waals surface area (Å²) in [5.74, 6) is -1.73. The van der Waals surface area contributed by atoms with Crippen LogP contribution in [0.4, 0.5) is 0 Å². The van der Waals surface area contributed by atoms with E-state index in [0.29, 0.717) is 54.4 Å². The van der Waals surface area contributed by atoms with Crippen LogP contribution >= 0.6 is 35.0 Å².